The lowest BCUT2D eigenvalue weighted by molar-refractivity contribution is -0.356. The van der Waals surface area contributed by atoms with E-state index < -0.39 is 156 Å². The van der Waals surface area contributed by atoms with Crippen molar-refractivity contribution in [1.29, 1.82) is 0 Å². The molecule has 1 spiro atoms. The molecule has 0 aromatic heterocycles. The first kappa shape index (κ1) is 56.9. The molecule has 20 heteroatoms. The van der Waals surface area contributed by atoms with Gasteiger partial charge in [-0.15, -0.1) is 0 Å². The van der Waals surface area contributed by atoms with Crippen LogP contribution in [0.5, 0.6) is 0 Å². The number of aliphatic hydroxyl groups excluding tert-OH is 2. The zero-order valence-electron chi connectivity index (χ0n) is 46.0. The summed E-state index contributed by atoms with van der Waals surface area (Å²) in [7, 11) is 6.27. The van der Waals surface area contributed by atoms with E-state index in [1.165, 1.54) is 14.0 Å². The van der Waals surface area contributed by atoms with Gasteiger partial charge >= 0.3 is 5.97 Å². The first-order valence-electron chi connectivity index (χ1n) is 27.7. The normalized spacial score (nSPS) is 51.9. The second kappa shape index (κ2) is 21.5. The highest BCUT2D eigenvalue weighted by Gasteiger charge is 2.85. The molecule has 0 amide bonds. The molecule has 1 aromatic rings. The van der Waals surface area contributed by atoms with Crippen LogP contribution in [0.2, 0.25) is 0 Å². The molecule has 9 fully saturated rings. The van der Waals surface area contributed by atoms with Crippen molar-refractivity contribution in [3.8, 4) is 0 Å². The summed E-state index contributed by atoms with van der Waals surface area (Å²) < 4.78 is 88.1. The molecule has 9 aliphatic rings. The number of esters is 1. The second-order valence-electron chi connectivity index (χ2n) is 24.0. The van der Waals surface area contributed by atoms with Gasteiger partial charge in [-0.3, -0.25) is 4.79 Å². The highest BCUT2D eigenvalue weighted by atomic mass is 16.8. The first-order valence-corrected chi connectivity index (χ1v) is 27.7. The maximum atomic E-state index is 13.8. The standard InChI is InChI=1S/C56H84O20/c1-27(57)34-18-20-56(62)53(34,7)39(72-50(60)32-15-13-12-14-16-32)24-38-52(6)19-17-33(25-55(52)40(76-55)26-54(38,56)61)71-41-21-35(63-8)46(29(3)67-41)73-42-22-36(64-9)47(30(4)68-42)74-43-23-37(65-10)48(31(5)69-43)75-51-45(59)49(66-11)44(58)28(2)70-51/h12-16,28-31,33-49,51,58-59,61-62H,17-26H2,1-11H3/t28-,29-,30-,31-,33+,34+,35-,36-,37-,38-,39-,40+,41+,42+,43+,44-,45-,46-,47-,48-,49+,51+,52-,53+,54-,55+,56-/m1/s1. The molecule has 27 atom stereocenters. The molecule has 4 saturated carbocycles. The van der Waals surface area contributed by atoms with Crippen LogP contribution >= 0.6 is 0 Å². The fourth-order valence-corrected chi connectivity index (χ4v) is 16.0. The fraction of sp³-hybridized carbons (Fsp3) is 0.857. The van der Waals surface area contributed by atoms with Gasteiger partial charge in [0.05, 0.1) is 60.5 Å². The van der Waals surface area contributed by atoms with Crippen molar-refractivity contribution in [2.75, 3.05) is 28.4 Å². The van der Waals surface area contributed by atoms with E-state index in [0.29, 0.717) is 50.5 Å². The minimum Gasteiger partial charge on any atom is -0.458 e. The number of epoxide rings is 1. The Hall–Kier alpha value is -2.32. The number of methoxy groups -OCH3 is 4. The van der Waals surface area contributed by atoms with Crippen LogP contribution in [0.25, 0.3) is 0 Å². The van der Waals surface area contributed by atoms with E-state index in [0.717, 1.165) is 0 Å². The van der Waals surface area contributed by atoms with Crippen molar-refractivity contribution in [2.24, 2.45) is 22.7 Å². The topological polar surface area (TPSA) is 248 Å². The number of rotatable bonds is 15. The van der Waals surface area contributed by atoms with Crippen LogP contribution in [0.1, 0.15) is 123 Å². The number of hydrogen-bond acceptors (Lipinski definition) is 20. The molecular formula is C56H84O20. The minimum atomic E-state index is -1.71. The number of aliphatic hydroxyl groups is 4. The molecule has 20 nitrogen and oxygen atoms in total. The van der Waals surface area contributed by atoms with Crippen LogP contribution in [0, 0.1) is 22.7 Å². The number of benzene rings is 1. The molecule has 428 valence electrons. The van der Waals surface area contributed by atoms with Crippen LogP contribution in [0.4, 0.5) is 0 Å². The number of fused-ring (bicyclic) bond motifs is 4. The molecule has 1 aromatic carbocycles. The van der Waals surface area contributed by atoms with E-state index in [9.17, 15) is 30.0 Å². The summed E-state index contributed by atoms with van der Waals surface area (Å²) in [5.41, 5.74) is -5.42. The predicted octanol–water partition coefficient (Wildman–Crippen LogP) is 3.90. The zero-order chi connectivity index (χ0) is 54.4. The van der Waals surface area contributed by atoms with Crippen molar-refractivity contribution >= 4 is 11.8 Å². The number of carbonyl (C=O) groups excluding carboxylic acids is 2. The molecule has 5 aliphatic heterocycles. The summed E-state index contributed by atoms with van der Waals surface area (Å²) in [5, 5.41) is 47.6. The van der Waals surface area contributed by atoms with Gasteiger partial charge in [-0.2, -0.15) is 0 Å². The Morgan fingerprint density at radius 2 is 1.18 bits per heavy atom. The van der Waals surface area contributed by atoms with Gasteiger partial charge in [0.25, 0.3) is 0 Å². The van der Waals surface area contributed by atoms with Crippen LogP contribution < -0.4 is 0 Å². The molecule has 0 radical (unpaired) electrons. The number of ketones is 1. The largest absolute Gasteiger partial charge is 0.458 e. The number of carbonyl (C=O) groups is 2. The van der Waals surface area contributed by atoms with E-state index in [4.69, 9.17) is 66.3 Å². The van der Waals surface area contributed by atoms with Crippen molar-refractivity contribution in [1.82, 2.24) is 0 Å². The van der Waals surface area contributed by atoms with Crippen LogP contribution in [0.15, 0.2) is 30.3 Å². The summed E-state index contributed by atoms with van der Waals surface area (Å²) in [4.78, 5) is 27.1. The van der Waals surface area contributed by atoms with Gasteiger partial charge in [-0.05, 0) is 78.9 Å². The van der Waals surface area contributed by atoms with Crippen molar-refractivity contribution in [2.45, 2.75) is 252 Å². The average molecular weight is 1080 g/mol. The first-order chi connectivity index (χ1) is 36.1. The van der Waals surface area contributed by atoms with E-state index in [-0.39, 0.29) is 37.3 Å². The molecule has 4 aliphatic carbocycles. The molecule has 4 N–H and O–H groups in total. The molecule has 5 saturated heterocycles. The molecule has 76 heavy (non-hydrogen) atoms. The SMILES string of the molecule is CO[C@@H]1[C@@H](O)[C@H](O[C@@H]2[C@@H](C)O[C@@H](O[C@@H]3[C@@H](C)O[C@@H](O[C@@H]4[C@@H](C)O[C@@H](O[C@H]5CC[C@]6(C)[C@H]7C[C@@H](OC(=O)c8ccccc8)[C@]8(C)[C@H](C(C)=O)CC[C@]8(O)[C@@]7(O)C[C@@H]7O[C@@]76C5)C[C@H]4OC)C[C@H]3OC)C[C@H]2OC)O[C@H](C)[C@H]1O. The zero-order valence-corrected chi connectivity index (χ0v) is 46.0. The highest BCUT2D eigenvalue weighted by Crippen LogP contribution is 2.76. The third kappa shape index (κ3) is 9.35. The monoisotopic (exact) mass is 1080 g/mol. The molecule has 0 bridgehead atoms. The lowest BCUT2D eigenvalue weighted by Crippen LogP contribution is -2.78. The van der Waals surface area contributed by atoms with Crippen molar-refractivity contribution in [3.63, 3.8) is 0 Å². The summed E-state index contributed by atoms with van der Waals surface area (Å²) in [5.74, 6) is -1.73. The summed E-state index contributed by atoms with van der Waals surface area (Å²) in [6.45, 7) is 12.9. The average Bonchev–Trinajstić information content (AvgIpc) is 4.20. The summed E-state index contributed by atoms with van der Waals surface area (Å²) in [6.07, 6.45) is -8.91. The summed E-state index contributed by atoms with van der Waals surface area (Å²) in [6, 6.07) is 8.75. The highest BCUT2D eigenvalue weighted by molar-refractivity contribution is 5.89. The van der Waals surface area contributed by atoms with Gasteiger partial charge < -0.3 is 86.7 Å². The lowest BCUT2D eigenvalue weighted by Gasteiger charge is -2.67. The van der Waals surface area contributed by atoms with Crippen LogP contribution in [-0.4, -0.2) is 200 Å². The van der Waals surface area contributed by atoms with E-state index in [1.54, 1.807) is 52.5 Å². The van der Waals surface area contributed by atoms with Crippen molar-refractivity contribution in [3.05, 3.63) is 35.9 Å². The Morgan fingerprint density at radius 1 is 0.632 bits per heavy atom. The number of ether oxygens (including phenoxy) is 14. The molecular weight excluding hydrogens is 993 g/mol. The molecule has 10 rings (SSSR count). The quantitative estimate of drug-likeness (QED) is 0.110. The maximum absolute atomic E-state index is 13.8. The number of Topliss-reactive ketones (excluding diaryl/α,β-unsaturated/α-hetero) is 1. The lowest BCUT2D eigenvalue weighted by atomic mass is 9.40. The van der Waals surface area contributed by atoms with Crippen molar-refractivity contribution < 1.29 is 96.3 Å². The van der Waals surface area contributed by atoms with Gasteiger partial charge in [0.15, 0.2) is 25.2 Å². The summed E-state index contributed by atoms with van der Waals surface area (Å²) >= 11 is 0. The van der Waals surface area contributed by atoms with Gasteiger partial charge in [-0.25, -0.2) is 4.79 Å². The Balaban J connectivity index is 0.753. The van der Waals surface area contributed by atoms with E-state index >= 15 is 0 Å². The Labute approximate surface area is 446 Å². The van der Waals surface area contributed by atoms with Gasteiger partial charge in [0, 0.05) is 83.2 Å². The van der Waals surface area contributed by atoms with Crippen LogP contribution in [0.3, 0.4) is 0 Å². The Morgan fingerprint density at radius 3 is 1.72 bits per heavy atom. The Kier molecular flexibility index (Phi) is 16.1. The smallest absolute Gasteiger partial charge is 0.338 e. The van der Waals surface area contributed by atoms with Gasteiger partial charge in [-0.1, -0.05) is 32.0 Å². The maximum Gasteiger partial charge on any atom is 0.338 e. The van der Waals surface area contributed by atoms with Gasteiger partial charge in [0.2, 0.25) is 0 Å². The predicted molar refractivity (Wildman–Crippen MR) is 265 cm³/mol. The fourth-order valence-electron chi connectivity index (χ4n) is 16.0. The molecule has 5 heterocycles. The number of hydrogen-bond donors (Lipinski definition) is 4. The Bertz CT molecular complexity index is 2210. The molecule has 0 unspecified atom stereocenters. The van der Waals surface area contributed by atoms with E-state index in [2.05, 4.69) is 6.92 Å². The van der Waals surface area contributed by atoms with E-state index in [1.807, 2.05) is 33.8 Å². The third-order valence-corrected chi connectivity index (χ3v) is 20.2. The van der Waals surface area contributed by atoms with Crippen LogP contribution in [-0.2, 0) is 71.1 Å². The van der Waals surface area contributed by atoms with Gasteiger partial charge in [0.1, 0.15) is 65.3 Å². The third-order valence-electron chi connectivity index (χ3n) is 20.2. The minimum absolute atomic E-state index is 0.0957. The second-order valence-corrected chi connectivity index (χ2v) is 24.0.